The zero-order chi connectivity index (χ0) is 22.9. The maximum atomic E-state index is 16.2. The molecule has 1 aliphatic carbocycles. The maximum Gasteiger partial charge on any atom is 0.199 e. The fourth-order valence-corrected chi connectivity index (χ4v) is 5.76. The van der Waals surface area contributed by atoms with E-state index >= 15 is 4.39 Å². The maximum absolute atomic E-state index is 16.2. The van der Waals surface area contributed by atoms with Crippen molar-refractivity contribution in [1.82, 2.24) is 15.2 Å². The first-order valence-corrected chi connectivity index (χ1v) is 11.2. The summed E-state index contributed by atoms with van der Waals surface area (Å²) in [6, 6.07) is 1.08. The zero-order valence-corrected chi connectivity index (χ0v) is 18.0. The number of likely N-dealkylation sites (tertiary alicyclic amines) is 1. The number of aromatic nitrogens is 1. The van der Waals surface area contributed by atoms with Crippen LogP contribution in [-0.4, -0.2) is 59.4 Å². The molecule has 1 fully saturated rings. The van der Waals surface area contributed by atoms with Crippen molar-refractivity contribution in [1.29, 1.82) is 5.26 Å². The van der Waals surface area contributed by atoms with Crippen molar-refractivity contribution >= 4 is 38.0 Å². The van der Waals surface area contributed by atoms with E-state index in [9.17, 15) is 14.8 Å². The number of pyridine rings is 1. The van der Waals surface area contributed by atoms with Gasteiger partial charge in [0, 0.05) is 35.8 Å². The average molecular weight is 468 g/mol. The molecule has 2 aromatic heterocycles. The van der Waals surface area contributed by atoms with E-state index in [-0.39, 0.29) is 45.1 Å². The van der Waals surface area contributed by atoms with E-state index < -0.39 is 23.8 Å². The molecule has 5 heterocycles. The van der Waals surface area contributed by atoms with Crippen LogP contribution in [-0.2, 0) is 4.74 Å². The molecule has 0 saturated carbocycles. The largest absolute Gasteiger partial charge is 0.391 e. The number of fused-ring (bicyclic) bond motifs is 3. The van der Waals surface area contributed by atoms with Gasteiger partial charge in [0.2, 0.25) is 0 Å². The highest BCUT2D eigenvalue weighted by molar-refractivity contribution is 7.23. The highest BCUT2D eigenvalue weighted by Gasteiger charge is 2.40. The molecule has 1 saturated heterocycles. The van der Waals surface area contributed by atoms with Crippen LogP contribution in [0.25, 0.3) is 15.7 Å². The van der Waals surface area contributed by atoms with Crippen LogP contribution in [0.1, 0.15) is 17.7 Å². The molecule has 3 aliphatic heterocycles. The fourth-order valence-electron chi connectivity index (χ4n) is 4.84. The number of nitriles is 1. The molecule has 2 atom stereocenters. The number of thiophene rings is 1. The molecule has 6 rings (SSSR count). The molecule has 0 radical (unpaired) electrons. The lowest BCUT2D eigenvalue weighted by atomic mass is 9.82. The molecule has 168 valence electrons. The van der Waals surface area contributed by atoms with E-state index in [0.29, 0.717) is 36.6 Å². The number of β-amino-alcohol motifs (C(OH)–C–C–N with tert-alkyl or cyclic N) is 1. The number of hydrogen-bond acceptors (Lipinski definition) is 9. The summed E-state index contributed by atoms with van der Waals surface area (Å²) in [6.07, 6.45) is 2.92. The van der Waals surface area contributed by atoms with Crippen LogP contribution in [0.3, 0.4) is 0 Å². The normalized spacial score (nSPS) is 24.5. The minimum Gasteiger partial charge on any atom is -0.391 e. The number of rotatable bonds is 1. The summed E-state index contributed by atoms with van der Waals surface area (Å²) in [5, 5.41) is 23.0. The number of guanidine groups is 1. The van der Waals surface area contributed by atoms with Gasteiger partial charge in [-0.2, -0.15) is 5.26 Å². The molecule has 11 heteroatoms. The lowest BCUT2D eigenvalue weighted by Gasteiger charge is -2.31. The van der Waals surface area contributed by atoms with Gasteiger partial charge in [0.1, 0.15) is 22.9 Å². The molecule has 8 nitrogen and oxygen atoms in total. The summed E-state index contributed by atoms with van der Waals surface area (Å²) in [5.41, 5.74) is 8.47. The van der Waals surface area contributed by atoms with Gasteiger partial charge in [-0.05, 0) is 17.6 Å². The monoisotopic (exact) mass is 468 g/mol. The van der Waals surface area contributed by atoms with Gasteiger partial charge in [-0.15, -0.1) is 11.3 Å². The van der Waals surface area contributed by atoms with Gasteiger partial charge in [-0.3, -0.25) is 4.98 Å². The quantitative estimate of drug-likeness (QED) is 0.587. The zero-order valence-electron chi connectivity index (χ0n) is 17.2. The van der Waals surface area contributed by atoms with E-state index in [1.807, 2.05) is 11.0 Å². The van der Waals surface area contributed by atoms with Gasteiger partial charge in [-0.1, -0.05) is 0 Å². The van der Waals surface area contributed by atoms with E-state index in [0.717, 1.165) is 23.1 Å². The average Bonchev–Trinajstić information content (AvgIpc) is 3.53. The molecule has 0 aromatic carbocycles. The van der Waals surface area contributed by atoms with Crippen molar-refractivity contribution < 1.29 is 18.6 Å². The smallest absolute Gasteiger partial charge is 0.199 e. The number of hydrogen-bond donors (Lipinski definition) is 3. The molecule has 2 aromatic rings. The molecule has 4 N–H and O–H groups in total. The first-order valence-electron chi connectivity index (χ1n) is 10.4. The Kier molecular flexibility index (Phi) is 4.52. The number of halogens is 2. The topological polar surface area (TPSA) is 120 Å². The lowest BCUT2D eigenvalue weighted by molar-refractivity contribution is 0.188. The van der Waals surface area contributed by atoms with Crippen molar-refractivity contribution in [2.24, 2.45) is 4.99 Å². The van der Waals surface area contributed by atoms with Crippen molar-refractivity contribution in [3.63, 3.8) is 0 Å². The number of nitrogens with one attached hydrogen (secondary N) is 1. The molecule has 0 spiro atoms. The Bertz CT molecular complexity index is 1390. The van der Waals surface area contributed by atoms with Crippen LogP contribution in [0, 0.1) is 17.1 Å². The molecular weight excluding hydrogens is 450 g/mol. The first kappa shape index (κ1) is 20.3. The van der Waals surface area contributed by atoms with E-state index in [2.05, 4.69) is 15.3 Å². The Labute approximate surface area is 191 Å². The van der Waals surface area contributed by atoms with Gasteiger partial charge in [-0.25, -0.2) is 13.8 Å². The van der Waals surface area contributed by atoms with Crippen LogP contribution in [0.5, 0.6) is 0 Å². The Morgan fingerprint density at radius 1 is 1.33 bits per heavy atom. The van der Waals surface area contributed by atoms with Crippen LogP contribution in [0.2, 0.25) is 0 Å². The number of nitrogens with two attached hydrogens (primary N) is 1. The second-order valence-electron chi connectivity index (χ2n) is 8.27. The van der Waals surface area contributed by atoms with E-state index in [1.165, 1.54) is 0 Å². The predicted octanol–water partition coefficient (Wildman–Crippen LogP) is 2.19. The van der Waals surface area contributed by atoms with Crippen LogP contribution in [0.4, 0.5) is 13.8 Å². The summed E-state index contributed by atoms with van der Waals surface area (Å²) in [7, 11) is 0. The van der Waals surface area contributed by atoms with Crippen molar-refractivity contribution in [2.45, 2.75) is 18.6 Å². The third-order valence-corrected chi connectivity index (χ3v) is 7.42. The Morgan fingerprint density at radius 2 is 2.15 bits per heavy atom. The van der Waals surface area contributed by atoms with Crippen molar-refractivity contribution in [3.8, 4) is 6.07 Å². The van der Waals surface area contributed by atoms with Crippen LogP contribution in [0.15, 0.2) is 39.9 Å². The summed E-state index contributed by atoms with van der Waals surface area (Å²) < 4.78 is 36.6. The number of nitrogen functional groups attached to an aromatic ring is 1. The number of nitrogens with zero attached hydrogens (tertiary/aromatic N) is 4. The van der Waals surface area contributed by atoms with Crippen molar-refractivity contribution in [2.75, 3.05) is 32.0 Å². The summed E-state index contributed by atoms with van der Waals surface area (Å²) in [6.45, 7) is 1.47. The Balaban J connectivity index is 1.56. The third-order valence-electron chi connectivity index (χ3n) is 6.40. The minimum absolute atomic E-state index is 0.0836. The van der Waals surface area contributed by atoms with Gasteiger partial charge in [0.05, 0.1) is 41.5 Å². The van der Waals surface area contributed by atoms with Gasteiger partial charge in [0.15, 0.2) is 11.8 Å². The van der Waals surface area contributed by atoms with Crippen LogP contribution >= 0.6 is 11.3 Å². The molecule has 2 unspecified atom stereocenters. The highest BCUT2D eigenvalue weighted by Crippen LogP contribution is 2.47. The van der Waals surface area contributed by atoms with Crippen LogP contribution < -0.4 is 11.1 Å². The Morgan fingerprint density at radius 3 is 2.91 bits per heavy atom. The second-order valence-corrected chi connectivity index (χ2v) is 9.32. The van der Waals surface area contributed by atoms with Gasteiger partial charge in [0.25, 0.3) is 0 Å². The predicted molar refractivity (Wildman–Crippen MR) is 119 cm³/mol. The molecule has 0 bridgehead atoms. The summed E-state index contributed by atoms with van der Waals surface area (Å²) >= 11 is 0.943. The minimum atomic E-state index is -0.933. The standard InChI is InChI=1S/C22H18F2N6O2S/c23-14-5-27-19(16-10(3-25)21(26)33-20(14)16)15-13-8-32-7-12(13)11-4-28-22(29-18(11)17(15)24)30-2-1-9(31)6-30/h4-5,9,18,31H,1-2,6-8,26H2,(H,28,29). The summed E-state index contributed by atoms with van der Waals surface area (Å²) in [4.78, 5) is 10.7. The molecule has 33 heavy (non-hydrogen) atoms. The Hall–Kier alpha value is -3.33. The van der Waals surface area contributed by atoms with E-state index in [1.54, 1.807) is 6.20 Å². The lowest BCUT2D eigenvalue weighted by Crippen LogP contribution is -2.42. The summed E-state index contributed by atoms with van der Waals surface area (Å²) in [5.74, 6) is -0.679. The fraction of sp³-hybridized carbons (Fsp3) is 0.318. The number of ether oxygens (including phenoxy) is 1. The molecular formula is C22H18F2N6O2S. The second kappa shape index (κ2) is 7.34. The molecule has 0 amide bonds. The van der Waals surface area contributed by atoms with E-state index in [4.69, 9.17) is 10.5 Å². The number of anilines is 1. The van der Waals surface area contributed by atoms with Gasteiger partial charge >= 0.3 is 0 Å². The third kappa shape index (κ3) is 2.91. The number of aliphatic hydroxyl groups is 1. The SMILES string of the molecule is N#Cc1c(N)sc2c(F)cnc(C3=C(F)C4N=C(N5CCC(O)C5)NC=C4C4=C3COC4)c12. The van der Waals surface area contributed by atoms with Gasteiger partial charge < -0.3 is 25.8 Å². The number of aliphatic hydroxyl groups excluding tert-OH is 1. The molecule has 4 aliphatic rings. The van der Waals surface area contributed by atoms with Crippen molar-refractivity contribution in [3.05, 3.63) is 52.0 Å². The number of aliphatic imine (C=N–C) groups is 1. The first-order chi connectivity index (χ1) is 16.0. The highest BCUT2D eigenvalue weighted by atomic mass is 32.1.